The van der Waals surface area contributed by atoms with Gasteiger partial charge < -0.3 is 14.6 Å². The van der Waals surface area contributed by atoms with Crippen molar-refractivity contribution in [2.24, 2.45) is 5.92 Å². The van der Waals surface area contributed by atoms with Crippen molar-refractivity contribution < 1.29 is 27.8 Å². The summed E-state index contributed by atoms with van der Waals surface area (Å²) in [4.78, 5) is 14.4. The second-order valence-electron chi connectivity index (χ2n) is 9.15. The Hall–Kier alpha value is -3.40. The lowest BCUT2D eigenvalue weighted by Crippen LogP contribution is -2.49. The van der Waals surface area contributed by atoms with Gasteiger partial charge in [-0.05, 0) is 84.9 Å². The molecule has 37 heavy (non-hydrogen) atoms. The van der Waals surface area contributed by atoms with Gasteiger partial charge in [-0.2, -0.15) is 4.72 Å². The number of ether oxygens (including phenoxy) is 2. The molecular formula is C28H32N2O6S. The van der Waals surface area contributed by atoms with Gasteiger partial charge in [-0.15, -0.1) is 0 Å². The lowest BCUT2D eigenvalue weighted by molar-refractivity contribution is -0.140. The maximum absolute atomic E-state index is 13.1. The zero-order valence-electron chi connectivity index (χ0n) is 21.0. The maximum Gasteiger partial charge on any atom is 0.322 e. The highest BCUT2D eigenvalue weighted by Crippen LogP contribution is 2.26. The second-order valence-corrected chi connectivity index (χ2v) is 10.9. The summed E-state index contributed by atoms with van der Waals surface area (Å²) in [5, 5.41) is 9.86. The van der Waals surface area contributed by atoms with E-state index in [1.54, 1.807) is 26.4 Å². The van der Waals surface area contributed by atoms with E-state index in [4.69, 9.17) is 9.47 Å². The SMILES string of the molecule is COc1ccc(CN2CCC(C(NS(=O)(=O)c3ccc(-c4ccc(OC)cc4)cc3)C(=O)O)CC2)cc1. The number of hydrogen-bond donors (Lipinski definition) is 2. The smallest absolute Gasteiger partial charge is 0.322 e. The highest BCUT2D eigenvalue weighted by atomic mass is 32.2. The van der Waals surface area contributed by atoms with Gasteiger partial charge in [0.2, 0.25) is 10.0 Å². The van der Waals surface area contributed by atoms with Crippen molar-refractivity contribution in [3.63, 3.8) is 0 Å². The minimum absolute atomic E-state index is 0.0351. The number of rotatable bonds is 10. The van der Waals surface area contributed by atoms with E-state index in [1.807, 2.05) is 48.5 Å². The molecule has 0 aliphatic carbocycles. The molecule has 1 fully saturated rings. The summed E-state index contributed by atoms with van der Waals surface area (Å²) in [6.07, 6.45) is 1.18. The number of benzene rings is 3. The Labute approximate surface area is 217 Å². The average Bonchev–Trinajstić information content (AvgIpc) is 2.93. The van der Waals surface area contributed by atoms with Crippen LogP contribution < -0.4 is 14.2 Å². The molecule has 8 nitrogen and oxygen atoms in total. The molecule has 1 unspecified atom stereocenters. The molecule has 0 spiro atoms. The van der Waals surface area contributed by atoms with Crippen LogP contribution in [-0.2, 0) is 21.4 Å². The molecule has 1 atom stereocenters. The van der Waals surface area contributed by atoms with Crippen molar-refractivity contribution in [3.05, 3.63) is 78.4 Å². The van der Waals surface area contributed by atoms with Crippen LogP contribution in [0.15, 0.2) is 77.7 Å². The summed E-state index contributed by atoms with van der Waals surface area (Å²) in [6.45, 7) is 2.14. The number of carboxylic acid groups (broad SMARTS) is 1. The predicted molar refractivity (Wildman–Crippen MR) is 141 cm³/mol. The summed E-state index contributed by atoms with van der Waals surface area (Å²) >= 11 is 0. The maximum atomic E-state index is 13.1. The third kappa shape index (κ3) is 6.68. The van der Waals surface area contributed by atoms with Crippen molar-refractivity contribution in [2.45, 2.75) is 30.3 Å². The highest BCUT2D eigenvalue weighted by Gasteiger charge is 2.35. The van der Waals surface area contributed by atoms with E-state index >= 15 is 0 Å². The molecule has 1 heterocycles. The standard InChI is InChI=1S/C28H32N2O6S/c1-35-24-9-3-20(4-10-24)19-30-17-15-23(16-18-30)27(28(31)32)29-37(33,34)26-13-7-22(8-14-26)21-5-11-25(36-2)12-6-21/h3-14,23,27,29H,15-19H2,1-2H3,(H,31,32). The minimum atomic E-state index is -4.01. The van der Waals surface area contributed by atoms with Gasteiger partial charge >= 0.3 is 5.97 Å². The largest absolute Gasteiger partial charge is 0.497 e. The van der Waals surface area contributed by atoms with E-state index in [1.165, 1.54) is 12.1 Å². The van der Waals surface area contributed by atoms with Gasteiger partial charge in [0.1, 0.15) is 17.5 Å². The molecule has 196 valence electrons. The van der Waals surface area contributed by atoms with Gasteiger partial charge in [-0.25, -0.2) is 8.42 Å². The third-order valence-corrected chi connectivity index (χ3v) is 8.26. The Bertz CT molecular complexity index is 1280. The number of aliphatic carboxylic acids is 1. The van der Waals surface area contributed by atoms with Gasteiger partial charge in [0.15, 0.2) is 0 Å². The third-order valence-electron chi connectivity index (χ3n) is 6.81. The van der Waals surface area contributed by atoms with Crippen LogP contribution in [0.25, 0.3) is 11.1 Å². The normalized spacial score (nSPS) is 15.7. The first-order chi connectivity index (χ1) is 17.8. The number of methoxy groups -OCH3 is 2. The number of nitrogens with one attached hydrogen (secondary N) is 1. The summed E-state index contributed by atoms with van der Waals surface area (Å²) in [7, 11) is -0.784. The number of hydrogen-bond acceptors (Lipinski definition) is 6. The molecule has 4 rings (SSSR count). The van der Waals surface area contributed by atoms with Gasteiger partial charge in [-0.3, -0.25) is 9.69 Å². The van der Waals surface area contributed by atoms with Crippen LogP contribution in [0.5, 0.6) is 11.5 Å². The molecule has 0 aromatic heterocycles. The number of carbonyl (C=O) groups is 1. The van der Waals surface area contributed by atoms with E-state index in [2.05, 4.69) is 9.62 Å². The molecule has 0 radical (unpaired) electrons. The van der Waals surface area contributed by atoms with Crippen LogP contribution >= 0.6 is 0 Å². The molecule has 1 aliphatic rings. The summed E-state index contributed by atoms with van der Waals surface area (Å²) < 4.78 is 39.0. The zero-order chi connectivity index (χ0) is 26.4. The average molecular weight is 525 g/mol. The van der Waals surface area contributed by atoms with Crippen LogP contribution in [0.2, 0.25) is 0 Å². The summed E-state index contributed by atoms with van der Waals surface area (Å²) in [6, 6.07) is 20.5. The summed E-state index contributed by atoms with van der Waals surface area (Å²) in [5.74, 6) is 0.0813. The fourth-order valence-corrected chi connectivity index (χ4v) is 5.89. The lowest BCUT2D eigenvalue weighted by atomic mass is 9.90. The molecule has 9 heteroatoms. The van der Waals surface area contributed by atoms with E-state index < -0.39 is 22.0 Å². The molecule has 0 saturated carbocycles. The second kappa shape index (κ2) is 11.8. The van der Waals surface area contributed by atoms with Gasteiger partial charge in [-0.1, -0.05) is 36.4 Å². The molecular weight excluding hydrogens is 492 g/mol. The van der Waals surface area contributed by atoms with Crippen LogP contribution in [0.1, 0.15) is 18.4 Å². The zero-order valence-corrected chi connectivity index (χ0v) is 21.8. The Morgan fingerprint density at radius 1 is 0.892 bits per heavy atom. The first-order valence-corrected chi connectivity index (χ1v) is 13.6. The topological polar surface area (TPSA) is 105 Å². The van der Waals surface area contributed by atoms with E-state index in [-0.39, 0.29) is 10.8 Å². The van der Waals surface area contributed by atoms with Crippen molar-refractivity contribution >= 4 is 16.0 Å². The Kier molecular flexibility index (Phi) is 8.48. The molecule has 0 bridgehead atoms. The van der Waals surface area contributed by atoms with Gasteiger partial charge in [0, 0.05) is 6.54 Å². The number of sulfonamides is 1. The first kappa shape index (κ1) is 26.7. The van der Waals surface area contributed by atoms with Crippen LogP contribution in [0, 0.1) is 5.92 Å². The van der Waals surface area contributed by atoms with Crippen LogP contribution in [0.3, 0.4) is 0 Å². The van der Waals surface area contributed by atoms with Crippen LogP contribution in [-0.4, -0.2) is 57.7 Å². The monoisotopic (exact) mass is 524 g/mol. The van der Waals surface area contributed by atoms with E-state index in [9.17, 15) is 18.3 Å². The number of piperidine rings is 1. The molecule has 2 N–H and O–H groups in total. The lowest BCUT2D eigenvalue weighted by Gasteiger charge is -2.34. The molecule has 3 aromatic rings. The summed E-state index contributed by atoms with van der Waals surface area (Å²) in [5.41, 5.74) is 2.91. The fraction of sp³-hybridized carbons (Fsp3) is 0.321. The van der Waals surface area contributed by atoms with Crippen molar-refractivity contribution in [1.29, 1.82) is 0 Å². The van der Waals surface area contributed by atoms with E-state index in [0.717, 1.165) is 34.7 Å². The van der Waals surface area contributed by atoms with Crippen molar-refractivity contribution in [2.75, 3.05) is 27.3 Å². The number of nitrogens with zero attached hydrogens (tertiary/aromatic N) is 1. The molecule has 1 aliphatic heterocycles. The predicted octanol–water partition coefficient (Wildman–Crippen LogP) is 4.01. The fourth-order valence-electron chi connectivity index (χ4n) is 4.63. The van der Waals surface area contributed by atoms with Crippen LogP contribution in [0.4, 0.5) is 0 Å². The van der Waals surface area contributed by atoms with E-state index in [0.29, 0.717) is 25.9 Å². The number of carboxylic acids is 1. The van der Waals surface area contributed by atoms with Crippen molar-refractivity contribution in [3.8, 4) is 22.6 Å². The molecule has 3 aromatic carbocycles. The molecule has 0 amide bonds. The molecule has 1 saturated heterocycles. The van der Waals surface area contributed by atoms with Gasteiger partial charge in [0.05, 0.1) is 19.1 Å². The van der Waals surface area contributed by atoms with Crippen molar-refractivity contribution in [1.82, 2.24) is 9.62 Å². The Morgan fingerprint density at radius 3 is 1.86 bits per heavy atom. The number of likely N-dealkylation sites (tertiary alicyclic amines) is 1. The minimum Gasteiger partial charge on any atom is -0.497 e. The van der Waals surface area contributed by atoms with Gasteiger partial charge in [0.25, 0.3) is 0 Å². The Balaban J connectivity index is 1.38. The highest BCUT2D eigenvalue weighted by molar-refractivity contribution is 7.89. The quantitative estimate of drug-likeness (QED) is 0.413. The Morgan fingerprint density at radius 2 is 1.38 bits per heavy atom. The first-order valence-electron chi connectivity index (χ1n) is 12.1.